The first kappa shape index (κ1) is 18.9. The molecule has 134 valence electrons. The molecule has 1 aromatic heterocycles. The zero-order valence-electron chi connectivity index (χ0n) is 14.2. The molecule has 26 heavy (non-hydrogen) atoms. The third kappa shape index (κ3) is 4.84. The molecule has 3 rings (SSSR count). The summed E-state index contributed by atoms with van der Waals surface area (Å²) in [5, 5.41) is 12.0. The van der Waals surface area contributed by atoms with Gasteiger partial charge in [0, 0.05) is 22.9 Å². The highest BCUT2D eigenvalue weighted by atomic mass is 79.9. The minimum Gasteiger partial charge on any atom is -0.330 e. The van der Waals surface area contributed by atoms with Gasteiger partial charge in [0.05, 0.1) is 5.25 Å². The predicted octanol–water partition coefficient (Wildman–Crippen LogP) is 5.19. The van der Waals surface area contributed by atoms with Crippen LogP contribution in [0.4, 0.5) is 16.5 Å². The van der Waals surface area contributed by atoms with Crippen molar-refractivity contribution in [2.24, 2.45) is 0 Å². The maximum atomic E-state index is 12.6. The number of rotatable bonds is 6. The number of para-hydroxylation sites is 1. The Morgan fingerprint density at radius 3 is 2.69 bits per heavy atom. The van der Waals surface area contributed by atoms with E-state index in [4.69, 9.17) is 0 Å². The quantitative estimate of drug-likeness (QED) is 0.525. The molecule has 0 radical (unpaired) electrons. The van der Waals surface area contributed by atoms with Gasteiger partial charge in [-0.3, -0.25) is 4.79 Å². The molecule has 3 aromatic rings. The predicted molar refractivity (Wildman–Crippen MR) is 113 cm³/mol. The van der Waals surface area contributed by atoms with Gasteiger partial charge in [-0.05, 0) is 37.3 Å². The van der Waals surface area contributed by atoms with E-state index in [2.05, 4.69) is 31.4 Å². The Balaban J connectivity index is 1.62. The summed E-state index contributed by atoms with van der Waals surface area (Å²) >= 11 is 6.29. The fraction of sp³-hybridized carbons (Fsp3) is 0.167. The van der Waals surface area contributed by atoms with Gasteiger partial charge in [0.25, 0.3) is 0 Å². The van der Waals surface area contributed by atoms with Gasteiger partial charge in [-0.15, -0.1) is 10.2 Å². The van der Waals surface area contributed by atoms with Gasteiger partial charge in [-0.2, -0.15) is 0 Å². The lowest BCUT2D eigenvalue weighted by Crippen LogP contribution is -2.33. The highest BCUT2D eigenvalue weighted by molar-refractivity contribution is 9.10. The van der Waals surface area contributed by atoms with Crippen molar-refractivity contribution in [3.63, 3.8) is 0 Å². The van der Waals surface area contributed by atoms with E-state index in [0.29, 0.717) is 5.13 Å². The van der Waals surface area contributed by atoms with Crippen LogP contribution in [0.3, 0.4) is 0 Å². The summed E-state index contributed by atoms with van der Waals surface area (Å²) in [6.45, 7) is 1.88. The lowest BCUT2D eigenvalue weighted by atomic mass is 10.3. The molecule has 0 saturated carbocycles. The smallest absolute Gasteiger partial charge is 0.240 e. The molecule has 0 bridgehead atoms. The second kappa shape index (κ2) is 8.66. The average molecular weight is 449 g/mol. The van der Waals surface area contributed by atoms with Crippen molar-refractivity contribution < 1.29 is 4.79 Å². The fourth-order valence-electron chi connectivity index (χ4n) is 2.25. The topological polar surface area (TPSA) is 58.1 Å². The zero-order chi connectivity index (χ0) is 18.5. The Kier molecular flexibility index (Phi) is 6.29. The van der Waals surface area contributed by atoms with E-state index in [1.165, 1.54) is 23.1 Å². The van der Waals surface area contributed by atoms with Gasteiger partial charge in [0.1, 0.15) is 0 Å². The Labute approximate surface area is 169 Å². The number of halogens is 1. The SMILES string of the molecule is CC(Sc1nnc(Nc2cccc(Br)c2)s1)C(=O)N(C)c1ccccc1. The van der Waals surface area contributed by atoms with E-state index >= 15 is 0 Å². The molecule has 2 aromatic carbocycles. The van der Waals surface area contributed by atoms with Crippen LogP contribution in [0.25, 0.3) is 0 Å². The van der Waals surface area contributed by atoms with Crippen molar-refractivity contribution >= 4 is 61.4 Å². The zero-order valence-corrected chi connectivity index (χ0v) is 17.4. The van der Waals surface area contributed by atoms with Crippen molar-refractivity contribution in [3.05, 3.63) is 59.1 Å². The number of thioether (sulfide) groups is 1. The molecule has 1 heterocycles. The molecule has 0 saturated heterocycles. The molecule has 8 heteroatoms. The number of nitrogens with zero attached hydrogens (tertiary/aromatic N) is 3. The van der Waals surface area contributed by atoms with Crippen molar-refractivity contribution in [2.75, 3.05) is 17.3 Å². The van der Waals surface area contributed by atoms with Crippen molar-refractivity contribution in [2.45, 2.75) is 16.5 Å². The van der Waals surface area contributed by atoms with Crippen LogP contribution in [0.1, 0.15) is 6.92 Å². The Hall–Kier alpha value is -1.90. The van der Waals surface area contributed by atoms with E-state index < -0.39 is 0 Å². The minimum absolute atomic E-state index is 0.0258. The van der Waals surface area contributed by atoms with Gasteiger partial charge in [0.2, 0.25) is 11.0 Å². The highest BCUT2D eigenvalue weighted by Crippen LogP contribution is 2.31. The van der Waals surface area contributed by atoms with Gasteiger partial charge in [0.15, 0.2) is 4.34 Å². The van der Waals surface area contributed by atoms with Crippen LogP contribution in [-0.4, -0.2) is 28.4 Å². The molecule has 0 aliphatic carbocycles. The molecule has 0 aliphatic rings. The summed E-state index contributed by atoms with van der Waals surface area (Å²) in [5.74, 6) is 0.0258. The number of anilines is 3. The van der Waals surface area contributed by atoms with Crippen molar-refractivity contribution in [1.29, 1.82) is 0 Å². The van der Waals surface area contributed by atoms with Crippen LogP contribution in [-0.2, 0) is 4.79 Å². The molecule has 1 atom stereocenters. The second-order valence-corrected chi connectivity index (χ2v) is 8.98. The highest BCUT2D eigenvalue weighted by Gasteiger charge is 2.21. The Bertz CT molecular complexity index is 888. The molecule has 0 spiro atoms. The summed E-state index contributed by atoms with van der Waals surface area (Å²) in [7, 11) is 1.79. The number of hydrogen-bond acceptors (Lipinski definition) is 6. The second-order valence-electron chi connectivity index (χ2n) is 5.50. The third-order valence-electron chi connectivity index (χ3n) is 3.58. The average Bonchev–Trinajstić information content (AvgIpc) is 3.08. The number of hydrogen-bond donors (Lipinski definition) is 1. The number of benzene rings is 2. The number of aromatic nitrogens is 2. The van der Waals surface area contributed by atoms with Crippen LogP contribution in [0.15, 0.2) is 63.4 Å². The first-order chi connectivity index (χ1) is 12.5. The normalized spacial score (nSPS) is 11.8. The number of amides is 1. The number of nitrogens with one attached hydrogen (secondary N) is 1. The fourth-order valence-corrected chi connectivity index (χ4v) is 4.66. The van der Waals surface area contributed by atoms with Crippen LogP contribution in [0.5, 0.6) is 0 Å². The summed E-state index contributed by atoms with van der Waals surface area (Å²) in [6, 6.07) is 17.4. The van der Waals surface area contributed by atoms with E-state index in [1.807, 2.05) is 61.5 Å². The Morgan fingerprint density at radius 1 is 1.19 bits per heavy atom. The largest absolute Gasteiger partial charge is 0.330 e. The lowest BCUT2D eigenvalue weighted by Gasteiger charge is -2.20. The Morgan fingerprint density at radius 2 is 1.96 bits per heavy atom. The summed E-state index contributed by atoms with van der Waals surface area (Å²) < 4.78 is 1.74. The van der Waals surface area contributed by atoms with Crippen molar-refractivity contribution in [1.82, 2.24) is 10.2 Å². The number of carbonyl (C=O) groups is 1. The number of carbonyl (C=O) groups excluding carboxylic acids is 1. The lowest BCUT2D eigenvalue weighted by molar-refractivity contribution is -0.117. The van der Waals surface area contributed by atoms with Gasteiger partial charge < -0.3 is 10.2 Å². The van der Waals surface area contributed by atoms with Crippen LogP contribution >= 0.6 is 39.0 Å². The molecular weight excluding hydrogens is 432 g/mol. The maximum Gasteiger partial charge on any atom is 0.240 e. The van der Waals surface area contributed by atoms with E-state index in [1.54, 1.807) is 11.9 Å². The standard InChI is InChI=1S/C18H17BrN4OS2/c1-12(16(24)23(2)15-9-4-3-5-10-15)25-18-22-21-17(26-18)20-14-8-6-7-13(19)11-14/h3-12H,1-2H3,(H,20,21). The van der Waals surface area contributed by atoms with Crippen LogP contribution < -0.4 is 10.2 Å². The van der Waals surface area contributed by atoms with E-state index in [0.717, 1.165) is 20.2 Å². The van der Waals surface area contributed by atoms with E-state index in [9.17, 15) is 4.79 Å². The minimum atomic E-state index is -0.258. The summed E-state index contributed by atoms with van der Waals surface area (Å²) in [6.07, 6.45) is 0. The molecule has 0 fully saturated rings. The summed E-state index contributed by atoms with van der Waals surface area (Å²) in [5.41, 5.74) is 1.80. The molecule has 1 unspecified atom stereocenters. The first-order valence-corrected chi connectivity index (χ1v) is 10.4. The third-order valence-corrected chi connectivity index (χ3v) is 6.09. The van der Waals surface area contributed by atoms with Gasteiger partial charge >= 0.3 is 0 Å². The maximum absolute atomic E-state index is 12.6. The molecule has 5 nitrogen and oxygen atoms in total. The van der Waals surface area contributed by atoms with Gasteiger partial charge in [-0.25, -0.2) is 0 Å². The molecule has 0 aliphatic heterocycles. The molecular formula is C18H17BrN4OS2. The molecule has 1 amide bonds. The molecule has 1 N–H and O–H groups in total. The van der Waals surface area contributed by atoms with Crippen LogP contribution in [0, 0.1) is 0 Å². The monoisotopic (exact) mass is 448 g/mol. The van der Waals surface area contributed by atoms with E-state index in [-0.39, 0.29) is 11.2 Å². The van der Waals surface area contributed by atoms with Crippen LogP contribution in [0.2, 0.25) is 0 Å². The van der Waals surface area contributed by atoms with Gasteiger partial charge in [-0.1, -0.05) is 63.3 Å². The van der Waals surface area contributed by atoms with Crippen molar-refractivity contribution in [3.8, 4) is 0 Å². The first-order valence-electron chi connectivity index (χ1n) is 7.88. The summed E-state index contributed by atoms with van der Waals surface area (Å²) in [4.78, 5) is 14.3.